The Morgan fingerprint density at radius 2 is 2.22 bits per heavy atom. The van der Waals surface area contributed by atoms with Crippen molar-refractivity contribution in [3.63, 3.8) is 0 Å². The summed E-state index contributed by atoms with van der Waals surface area (Å²) in [6.45, 7) is 8.70. The van der Waals surface area contributed by atoms with Gasteiger partial charge in [-0.2, -0.15) is 0 Å². The van der Waals surface area contributed by atoms with Gasteiger partial charge in [0.2, 0.25) is 5.95 Å². The molecule has 0 spiro atoms. The average molecular weight is 246 g/mol. The van der Waals surface area contributed by atoms with E-state index in [0.717, 1.165) is 24.3 Å². The fourth-order valence-electron chi connectivity index (χ4n) is 1.54. The van der Waals surface area contributed by atoms with E-state index in [1.54, 1.807) is 0 Å². The zero-order valence-corrected chi connectivity index (χ0v) is 11.7. The summed E-state index contributed by atoms with van der Waals surface area (Å²) in [6.07, 6.45) is 7.14. The lowest BCUT2D eigenvalue weighted by atomic mass is 10.2. The van der Waals surface area contributed by atoms with Crippen LogP contribution in [0.5, 0.6) is 0 Å². The molecule has 0 saturated carbocycles. The second kappa shape index (κ2) is 6.97. The molecule has 1 aromatic rings. The summed E-state index contributed by atoms with van der Waals surface area (Å²) >= 11 is 0. The summed E-state index contributed by atoms with van der Waals surface area (Å²) in [6, 6.07) is 0. The highest BCUT2D eigenvalue weighted by Gasteiger charge is 2.06. The molecule has 0 amide bonds. The van der Waals surface area contributed by atoms with Gasteiger partial charge >= 0.3 is 0 Å². The smallest absolute Gasteiger partial charge is 0.226 e. The van der Waals surface area contributed by atoms with Gasteiger partial charge in [0, 0.05) is 31.0 Å². The van der Waals surface area contributed by atoms with Crippen LogP contribution in [0.1, 0.15) is 25.1 Å². The van der Waals surface area contributed by atoms with Crippen molar-refractivity contribution >= 4 is 5.95 Å². The maximum Gasteiger partial charge on any atom is 0.226 e. The molecule has 98 valence electrons. The number of hydrogen-bond acceptors (Lipinski definition) is 4. The Labute approximate surface area is 110 Å². The maximum atomic E-state index is 5.27. The van der Waals surface area contributed by atoms with Gasteiger partial charge in [0.25, 0.3) is 0 Å². The lowest BCUT2D eigenvalue weighted by Gasteiger charge is -2.15. The molecule has 0 bridgehead atoms. The third-order valence-corrected chi connectivity index (χ3v) is 2.61. The Balaban J connectivity index is 2.65. The van der Waals surface area contributed by atoms with E-state index in [0.29, 0.717) is 18.4 Å². The lowest BCUT2D eigenvalue weighted by Crippen LogP contribution is -2.22. The van der Waals surface area contributed by atoms with Gasteiger partial charge in [0.05, 0.1) is 6.54 Å². The molecule has 0 radical (unpaired) electrons. The minimum Gasteiger partial charge on any atom is -0.333 e. The molecule has 4 nitrogen and oxygen atoms in total. The van der Waals surface area contributed by atoms with Crippen LogP contribution in [0.25, 0.3) is 0 Å². The normalized spacial score (nSPS) is 10.4. The van der Waals surface area contributed by atoms with Gasteiger partial charge in [-0.25, -0.2) is 9.97 Å². The molecule has 4 heteroatoms. The van der Waals surface area contributed by atoms with Crippen LogP contribution in [0.3, 0.4) is 0 Å². The zero-order chi connectivity index (χ0) is 13.5. The molecule has 0 aliphatic carbocycles. The molecular formula is C14H22N4. The maximum absolute atomic E-state index is 5.27. The Hall–Kier alpha value is -1.60. The molecule has 0 atom stereocenters. The van der Waals surface area contributed by atoms with Gasteiger partial charge < -0.3 is 10.2 Å². The first-order valence-corrected chi connectivity index (χ1v) is 6.22. The SMILES string of the molecule is C#CCN(C)c1ncc(CNCC(C)C)c(C)n1. The number of nitrogens with one attached hydrogen (secondary N) is 1. The molecule has 0 fully saturated rings. The number of nitrogens with zero attached hydrogens (tertiary/aromatic N) is 3. The molecule has 1 N–H and O–H groups in total. The number of terminal acetylenes is 1. The van der Waals surface area contributed by atoms with Crippen LogP contribution in [0.15, 0.2) is 6.20 Å². The largest absolute Gasteiger partial charge is 0.333 e. The monoisotopic (exact) mass is 246 g/mol. The standard InChI is InChI=1S/C14H22N4/c1-6-7-18(5)14-16-10-13(12(4)17-14)9-15-8-11(2)3/h1,10-11,15H,7-9H2,2-5H3. The van der Waals surface area contributed by atoms with Gasteiger partial charge in [-0.1, -0.05) is 19.8 Å². The molecule has 0 aliphatic rings. The molecule has 0 unspecified atom stereocenters. The summed E-state index contributed by atoms with van der Waals surface area (Å²) in [7, 11) is 1.89. The van der Waals surface area contributed by atoms with Crippen molar-refractivity contribution in [3.8, 4) is 12.3 Å². The van der Waals surface area contributed by atoms with Gasteiger partial charge in [-0.05, 0) is 19.4 Å². The Bertz CT molecular complexity index is 420. The van der Waals surface area contributed by atoms with Crippen LogP contribution in [0, 0.1) is 25.2 Å². The Kier molecular flexibility index (Phi) is 5.60. The van der Waals surface area contributed by atoms with Gasteiger partial charge in [-0.3, -0.25) is 0 Å². The predicted molar refractivity (Wildman–Crippen MR) is 75.4 cm³/mol. The third-order valence-electron chi connectivity index (χ3n) is 2.61. The minimum absolute atomic E-state index is 0.518. The first-order chi connectivity index (χ1) is 8.54. The van der Waals surface area contributed by atoms with Crippen molar-refractivity contribution in [3.05, 3.63) is 17.5 Å². The molecule has 0 saturated heterocycles. The fraction of sp³-hybridized carbons (Fsp3) is 0.571. The number of anilines is 1. The second-order valence-corrected chi connectivity index (χ2v) is 4.87. The average Bonchev–Trinajstić information content (AvgIpc) is 2.31. The quantitative estimate of drug-likeness (QED) is 0.774. The predicted octanol–water partition coefficient (Wildman–Crippen LogP) is 1.60. The third kappa shape index (κ3) is 4.34. The van der Waals surface area contributed by atoms with Crippen molar-refractivity contribution in [2.45, 2.75) is 27.3 Å². The molecule has 0 aromatic carbocycles. The molecular weight excluding hydrogens is 224 g/mol. The van der Waals surface area contributed by atoms with Gasteiger partial charge in [-0.15, -0.1) is 6.42 Å². The summed E-state index contributed by atoms with van der Waals surface area (Å²) in [5.41, 5.74) is 2.13. The van der Waals surface area contributed by atoms with Crippen molar-refractivity contribution in [2.75, 3.05) is 25.0 Å². The van der Waals surface area contributed by atoms with Crippen LogP contribution in [0.2, 0.25) is 0 Å². The molecule has 0 aliphatic heterocycles. The van der Waals surface area contributed by atoms with Crippen LogP contribution in [-0.4, -0.2) is 30.1 Å². The topological polar surface area (TPSA) is 41.1 Å². The highest BCUT2D eigenvalue weighted by atomic mass is 15.2. The molecule has 1 heterocycles. The van der Waals surface area contributed by atoms with Crippen molar-refractivity contribution in [2.24, 2.45) is 5.92 Å². The minimum atomic E-state index is 0.518. The summed E-state index contributed by atoms with van der Waals surface area (Å²) in [5.74, 6) is 3.90. The van der Waals surface area contributed by atoms with Crippen LogP contribution in [0.4, 0.5) is 5.95 Å². The summed E-state index contributed by atoms with van der Waals surface area (Å²) < 4.78 is 0. The van der Waals surface area contributed by atoms with Crippen LogP contribution in [-0.2, 0) is 6.54 Å². The van der Waals surface area contributed by atoms with E-state index in [1.807, 2.05) is 25.1 Å². The zero-order valence-electron chi connectivity index (χ0n) is 11.7. The van der Waals surface area contributed by atoms with Crippen molar-refractivity contribution in [1.29, 1.82) is 0 Å². The Morgan fingerprint density at radius 3 is 2.78 bits per heavy atom. The fourth-order valence-corrected chi connectivity index (χ4v) is 1.54. The number of hydrogen-bond donors (Lipinski definition) is 1. The van der Waals surface area contributed by atoms with E-state index in [-0.39, 0.29) is 0 Å². The van der Waals surface area contributed by atoms with Gasteiger partial charge in [0.1, 0.15) is 0 Å². The van der Waals surface area contributed by atoms with E-state index in [1.165, 1.54) is 0 Å². The summed E-state index contributed by atoms with van der Waals surface area (Å²) in [4.78, 5) is 10.7. The van der Waals surface area contributed by atoms with E-state index in [4.69, 9.17) is 6.42 Å². The molecule has 1 aromatic heterocycles. The number of rotatable bonds is 6. The van der Waals surface area contributed by atoms with E-state index in [9.17, 15) is 0 Å². The molecule has 1 rings (SSSR count). The highest BCUT2D eigenvalue weighted by molar-refractivity contribution is 5.33. The lowest BCUT2D eigenvalue weighted by molar-refractivity contribution is 0.550. The van der Waals surface area contributed by atoms with Crippen LogP contribution >= 0.6 is 0 Å². The first kappa shape index (κ1) is 14.5. The molecule has 18 heavy (non-hydrogen) atoms. The first-order valence-electron chi connectivity index (χ1n) is 6.22. The second-order valence-electron chi connectivity index (χ2n) is 4.87. The van der Waals surface area contributed by atoms with Crippen molar-refractivity contribution in [1.82, 2.24) is 15.3 Å². The van der Waals surface area contributed by atoms with Crippen LogP contribution < -0.4 is 10.2 Å². The summed E-state index contributed by atoms with van der Waals surface area (Å²) in [5, 5.41) is 3.39. The van der Waals surface area contributed by atoms with E-state index < -0.39 is 0 Å². The highest BCUT2D eigenvalue weighted by Crippen LogP contribution is 2.09. The van der Waals surface area contributed by atoms with Gasteiger partial charge in [0.15, 0.2) is 0 Å². The van der Waals surface area contributed by atoms with E-state index >= 15 is 0 Å². The number of aromatic nitrogens is 2. The van der Waals surface area contributed by atoms with Crippen molar-refractivity contribution < 1.29 is 0 Å². The number of aryl methyl sites for hydroxylation is 1. The Morgan fingerprint density at radius 1 is 1.50 bits per heavy atom. The van der Waals surface area contributed by atoms with E-state index in [2.05, 4.69) is 35.1 Å².